The fourth-order valence-corrected chi connectivity index (χ4v) is 3.83. The molecule has 0 radical (unpaired) electrons. The Bertz CT molecular complexity index is 865. The van der Waals surface area contributed by atoms with E-state index < -0.39 is 0 Å². The molecule has 1 aromatic carbocycles. The van der Waals surface area contributed by atoms with Crippen LogP contribution in [0.25, 0.3) is 10.6 Å². The van der Waals surface area contributed by atoms with E-state index in [4.69, 9.17) is 4.74 Å². The number of ether oxygens (including phenoxy) is 1. The predicted octanol–water partition coefficient (Wildman–Crippen LogP) is 4.73. The summed E-state index contributed by atoms with van der Waals surface area (Å²) in [5.74, 6) is 0.833. The highest BCUT2D eigenvalue weighted by atomic mass is 32.1. The van der Waals surface area contributed by atoms with E-state index in [-0.39, 0.29) is 0 Å². The monoisotopic (exact) mass is 358 g/mol. The van der Waals surface area contributed by atoms with E-state index in [2.05, 4.69) is 20.5 Å². The van der Waals surface area contributed by atoms with Crippen LogP contribution in [0.5, 0.6) is 5.75 Å². The Morgan fingerprint density at radius 3 is 2.54 bits per heavy atom. The highest BCUT2D eigenvalue weighted by Gasteiger charge is 2.11. The van der Waals surface area contributed by atoms with E-state index in [1.165, 1.54) is 11.3 Å². The first-order chi connectivity index (χ1) is 11.6. The highest BCUT2D eigenvalue weighted by Crippen LogP contribution is 2.32. The molecule has 0 bridgehead atoms. The molecule has 1 N–H and O–H groups in total. The number of hydrazone groups is 1. The second-order valence-corrected chi connectivity index (χ2v) is 7.28. The molecule has 0 saturated carbocycles. The van der Waals surface area contributed by atoms with Crippen LogP contribution in [0.2, 0.25) is 0 Å². The number of hydrogen-bond acceptors (Lipinski definition) is 7. The van der Waals surface area contributed by atoms with Crippen molar-refractivity contribution in [3.8, 4) is 16.3 Å². The number of anilines is 1. The van der Waals surface area contributed by atoms with Crippen molar-refractivity contribution in [1.29, 1.82) is 0 Å². The third-order valence-corrected chi connectivity index (χ3v) is 5.31. The molecule has 3 aromatic rings. The Morgan fingerprint density at radius 1 is 1.17 bits per heavy atom. The number of thiazole rings is 2. The number of rotatable bonds is 5. The number of hydrogen-bond donors (Lipinski definition) is 1. The molecule has 0 amide bonds. The van der Waals surface area contributed by atoms with Crippen molar-refractivity contribution in [2.24, 2.45) is 5.10 Å². The Morgan fingerprint density at radius 2 is 1.92 bits per heavy atom. The molecule has 0 aliphatic heterocycles. The summed E-state index contributed by atoms with van der Waals surface area (Å²) in [5, 5.41) is 8.27. The van der Waals surface area contributed by atoms with E-state index in [9.17, 15) is 0 Å². The summed E-state index contributed by atoms with van der Waals surface area (Å²) in [7, 11) is 1.66. The molecule has 0 aliphatic rings. The van der Waals surface area contributed by atoms with E-state index in [0.29, 0.717) is 0 Å². The Balaban J connectivity index is 1.73. The van der Waals surface area contributed by atoms with Gasteiger partial charge in [-0.15, -0.1) is 22.7 Å². The third-order valence-electron chi connectivity index (χ3n) is 3.47. The second kappa shape index (κ2) is 7.11. The third kappa shape index (κ3) is 3.63. The number of aromatic nitrogens is 2. The van der Waals surface area contributed by atoms with E-state index in [0.717, 1.165) is 43.4 Å². The molecule has 5 nitrogen and oxygen atoms in total. The molecule has 2 aromatic heterocycles. The van der Waals surface area contributed by atoms with Crippen molar-refractivity contribution in [1.82, 2.24) is 9.97 Å². The number of methoxy groups -OCH3 is 1. The van der Waals surface area contributed by atoms with E-state index in [1.807, 2.05) is 50.4 Å². The zero-order valence-corrected chi connectivity index (χ0v) is 15.6. The van der Waals surface area contributed by atoms with E-state index >= 15 is 0 Å². The van der Waals surface area contributed by atoms with Gasteiger partial charge in [-0.3, -0.25) is 5.43 Å². The molecule has 124 valence electrons. The molecule has 3 rings (SSSR count). The molecule has 0 atom stereocenters. The summed E-state index contributed by atoms with van der Waals surface area (Å²) in [6.07, 6.45) is 0. The van der Waals surface area contributed by atoms with Crippen LogP contribution in [0.15, 0.2) is 34.7 Å². The number of aryl methyl sites for hydroxylation is 2. The molecular weight excluding hydrogens is 340 g/mol. The van der Waals surface area contributed by atoms with Crippen LogP contribution in [0.4, 0.5) is 5.13 Å². The average molecular weight is 358 g/mol. The Kier molecular flexibility index (Phi) is 4.92. The van der Waals surface area contributed by atoms with Crippen LogP contribution in [-0.2, 0) is 0 Å². The zero-order chi connectivity index (χ0) is 17.1. The van der Waals surface area contributed by atoms with Gasteiger partial charge in [-0.1, -0.05) is 0 Å². The lowest BCUT2D eigenvalue weighted by molar-refractivity contribution is 0.415. The van der Waals surface area contributed by atoms with Crippen LogP contribution in [-0.4, -0.2) is 22.8 Å². The quantitative estimate of drug-likeness (QED) is 0.529. The minimum Gasteiger partial charge on any atom is -0.497 e. The first kappa shape index (κ1) is 16.6. The summed E-state index contributed by atoms with van der Waals surface area (Å²) in [6, 6.07) is 7.81. The molecular formula is C17H18N4OS2. The summed E-state index contributed by atoms with van der Waals surface area (Å²) in [5.41, 5.74) is 6.93. The lowest BCUT2D eigenvalue weighted by Gasteiger charge is -2.03. The van der Waals surface area contributed by atoms with Gasteiger partial charge in [-0.25, -0.2) is 9.97 Å². The second-order valence-electron chi connectivity index (χ2n) is 5.22. The van der Waals surface area contributed by atoms with Gasteiger partial charge in [0, 0.05) is 5.38 Å². The fraction of sp³-hybridized carbons (Fsp3) is 0.235. The van der Waals surface area contributed by atoms with Crippen molar-refractivity contribution in [2.75, 3.05) is 12.5 Å². The van der Waals surface area contributed by atoms with Gasteiger partial charge >= 0.3 is 0 Å². The zero-order valence-electron chi connectivity index (χ0n) is 14.0. The largest absolute Gasteiger partial charge is 0.497 e. The number of nitrogens with zero attached hydrogens (tertiary/aromatic N) is 3. The summed E-state index contributed by atoms with van der Waals surface area (Å²) < 4.78 is 5.17. The minimum atomic E-state index is 0.767. The van der Waals surface area contributed by atoms with Gasteiger partial charge in [0.15, 0.2) is 0 Å². The number of benzene rings is 1. The molecule has 0 spiro atoms. The van der Waals surface area contributed by atoms with Crippen LogP contribution < -0.4 is 10.2 Å². The van der Waals surface area contributed by atoms with Crippen LogP contribution in [0.3, 0.4) is 0 Å². The van der Waals surface area contributed by atoms with Gasteiger partial charge in [0.05, 0.1) is 34.1 Å². The maximum atomic E-state index is 5.17. The smallest absolute Gasteiger partial charge is 0.203 e. The van der Waals surface area contributed by atoms with Gasteiger partial charge in [0.2, 0.25) is 5.13 Å². The fourth-order valence-electron chi connectivity index (χ4n) is 2.23. The van der Waals surface area contributed by atoms with Crippen molar-refractivity contribution in [2.45, 2.75) is 20.8 Å². The molecule has 2 heterocycles. The lowest BCUT2D eigenvalue weighted by atomic mass is 10.1. The minimum absolute atomic E-state index is 0.767. The van der Waals surface area contributed by atoms with Crippen LogP contribution >= 0.6 is 22.7 Å². The van der Waals surface area contributed by atoms with Crippen molar-refractivity contribution < 1.29 is 4.74 Å². The SMILES string of the molecule is COc1ccc(C(C)=NNc2nc(-c3sc(C)nc3C)cs2)cc1. The molecule has 0 fully saturated rings. The molecule has 0 aliphatic carbocycles. The van der Waals surface area contributed by atoms with Crippen LogP contribution in [0.1, 0.15) is 23.2 Å². The normalized spacial score (nSPS) is 11.6. The van der Waals surface area contributed by atoms with Gasteiger partial charge in [-0.05, 0) is 50.6 Å². The van der Waals surface area contributed by atoms with Crippen molar-refractivity contribution in [3.05, 3.63) is 45.9 Å². The molecule has 24 heavy (non-hydrogen) atoms. The topological polar surface area (TPSA) is 59.4 Å². The summed E-state index contributed by atoms with van der Waals surface area (Å²) in [4.78, 5) is 10.2. The lowest BCUT2D eigenvalue weighted by Crippen LogP contribution is -1.99. The average Bonchev–Trinajstić information content (AvgIpc) is 3.18. The molecule has 0 saturated heterocycles. The predicted molar refractivity (Wildman–Crippen MR) is 102 cm³/mol. The summed E-state index contributed by atoms with van der Waals surface area (Å²) >= 11 is 3.20. The van der Waals surface area contributed by atoms with Gasteiger partial charge in [0.25, 0.3) is 0 Å². The Labute approximate surface area is 149 Å². The maximum absolute atomic E-state index is 5.17. The van der Waals surface area contributed by atoms with Gasteiger partial charge < -0.3 is 4.74 Å². The maximum Gasteiger partial charge on any atom is 0.203 e. The number of nitrogens with one attached hydrogen (secondary N) is 1. The molecule has 7 heteroatoms. The van der Waals surface area contributed by atoms with Crippen molar-refractivity contribution >= 4 is 33.5 Å². The first-order valence-electron chi connectivity index (χ1n) is 7.41. The summed E-state index contributed by atoms with van der Waals surface area (Å²) in [6.45, 7) is 5.98. The van der Waals surface area contributed by atoms with Crippen molar-refractivity contribution in [3.63, 3.8) is 0 Å². The first-order valence-corrected chi connectivity index (χ1v) is 9.11. The van der Waals surface area contributed by atoms with E-state index in [1.54, 1.807) is 18.4 Å². The van der Waals surface area contributed by atoms with Gasteiger partial charge in [0.1, 0.15) is 5.75 Å². The highest BCUT2D eigenvalue weighted by molar-refractivity contribution is 7.16. The Hall–Kier alpha value is -2.25. The van der Waals surface area contributed by atoms with Crippen LogP contribution in [0, 0.1) is 13.8 Å². The standard InChI is InChI=1S/C17H18N4OS2/c1-10(13-5-7-14(22-4)8-6-13)20-21-17-19-15(9-23-17)16-11(2)18-12(3)24-16/h5-9H,1-4H3,(H,19,21). The molecule has 0 unspecified atom stereocenters. The van der Waals surface area contributed by atoms with Gasteiger partial charge in [-0.2, -0.15) is 5.10 Å².